The molecule has 0 atom stereocenters. The molecule has 0 bridgehead atoms. The van der Waals surface area contributed by atoms with E-state index in [0.717, 1.165) is 0 Å². The summed E-state index contributed by atoms with van der Waals surface area (Å²) in [6, 6.07) is 0. The summed E-state index contributed by atoms with van der Waals surface area (Å²) < 4.78 is 0. The predicted molar refractivity (Wildman–Crippen MR) is 60.7 cm³/mol. The van der Waals surface area contributed by atoms with Crippen LogP contribution in [0.25, 0.3) is 0 Å². The number of aliphatic carboxylic acids is 1. The van der Waals surface area contributed by atoms with Gasteiger partial charge in [0.1, 0.15) is 12.4 Å². The van der Waals surface area contributed by atoms with Crippen LogP contribution >= 0.6 is 0 Å². The average Bonchev–Trinajstić information content (AvgIpc) is 2.24. The number of hydrogen-bond donors (Lipinski definition) is 1. The molecule has 0 aliphatic rings. The number of carboxylic acids is 1. The molecule has 1 amide bonds. The molecule has 1 rings (SSSR count). The standard InChI is InChI=1S/C11H15N3O3/c1-4-14(6-10(15)16)11(17)9-5-12-8(3)13-7(9)2/h5H,4,6H2,1-3H3,(H,15,16). The Balaban J connectivity index is 2.97. The van der Waals surface area contributed by atoms with Gasteiger partial charge in [-0.15, -0.1) is 0 Å². The number of likely N-dealkylation sites (N-methyl/N-ethyl adjacent to an activating group) is 1. The first-order valence-corrected chi connectivity index (χ1v) is 5.27. The van der Waals surface area contributed by atoms with E-state index in [0.29, 0.717) is 23.6 Å². The van der Waals surface area contributed by atoms with Crippen LogP contribution in [0.5, 0.6) is 0 Å². The molecule has 0 unspecified atom stereocenters. The van der Waals surface area contributed by atoms with E-state index in [-0.39, 0.29) is 12.5 Å². The van der Waals surface area contributed by atoms with Crippen molar-refractivity contribution in [2.24, 2.45) is 0 Å². The second kappa shape index (κ2) is 5.38. The van der Waals surface area contributed by atoms with Gasteiger partial charge in [0.25, 0.3) is 5.91 Å². The molecule has 0 spiro atoms. The van der Waals surface area contributed by atoms with Crippen LogP contribution < -0.4 is 0 Å². The second-order valence-electron chi connectivity index (χ2n) is 3.63. The molecule has 0 fully saturated rings. The van der Waals surface area contributed by atoms with E-state index in [1.807, 2.05) is 0 Å². The van der Waals surface area contributed by atoms with E-state index in [4.69, 9.17) is 5.11 Å². The van der Waals surface area contributed by atoms with E-state index >= 15 is 0 Å². The number of aromatic nitrogens is 2. The maximum Gasteiger partial charge on any atom is 0.323 e. The highest BCUT2D eigenvalue weighted by atomic mass is 16.4. The third-order valence-corrected chi connectivity index (χ3v) is 2.33. The van der Waals surface area contributed by atoms with Crippen molar-refractivity contribution in [3.8, 4) is 0 Å². The number of aryl methyl sites for hydroxylation is 2. The third-order valence-electron chi connectivity index (χ3n) is 2.33. The van der Waals surface area contributed by atoms with Gasteiger partial charge in [-0.2, -0.15) is 0 Å². The van der Waals surface area contributed by atoms with Gasteiger partial charge in [-0.05, 0) is 20.8 Å². The molecule has 0 aromatic carbocycles. The molecule has 92 valence electrons. The van der Waals surface area contributed by atoms with E-state index in [1.54, 1.807) is 20.8 Å². The van der Waals surface area contributed by atoms with Gasteiger partial charge >= 0.3 is 5.97 Å². The van der Waals surface area contributed by atoms with Crippen molar-refractivity contribution in [2.75, 3.05) is 13.1 Å². The summed E-state index contributed by atoms with van der Waals surface area (Å²) >= 11 is 0. The minimum absolute atomic E-state index is 0.317. The summed E-state index contributed by atoms with van der Waals surface area (Å²) in [5.74, 6) is -0.807. The molecule has 1 aromatic heterocycles. The zero-order valence-corrected chi connectivity index (χ0v) is 10.1. The fourth-order valence-corrected chi connectivity index (χ4v) is 1.45. The molecule has 0 aliphatic heterocycles. The van der Waals surface area contributed by atoms with Gasteiger partial charge in [0.2, 0.25) is 0 Å². The number of carbonyl (C=O) groups is 2. The highest BCUT2D eigenvalue weighted by molar-refractivity contribution is 5.96. The molecule has 0 saturated carbocycles. The van der Waals surface area contributed by atoms with E-state index in [2.05, 4.69) is 9.97 Å². The number of rotatable bonds is 4. The Labute approximate surface area is 99.3 Å². The highest BCUT2D eigenvalue weighted by Crippen LogP contribution is 2.08. The maximum absolute atomic E-state index is 12.0. The van der Waals surface area contributed by atoms with Crippen molar-refractivity contribution in [3.63, 3.8) is 0 Å². The van der Waals surface area contributed by atoms with Gasteiger partial charge in [0.15, 0.2) is 0 Å². The normalized spacial score (nSPS) is 10.1. The van der Waals surface area contributed by atoms with Crippen molar-refractivity contribution in [1.29, 1.82) is 0 Å². The van der Waals surface area contributed by atoms with Gasteiger partial charge in [0, 0.05) is 12.7 Å². The van der Waals surface area contributed by atoms with Crippen molar-refractivity contribution >= 4 is 11.9 Å². The molecule has 1 heterocycles. The summed E-state index contributed by atoms with van der Waals surface area (Å²) in [6.07, 6.45) is 1.44. The van der Waals surface area contributed by atoms with Gasteiger partial charge in [-0.3, -0.25) is 9.59 Å². The first-order valence-electron chi connectivity index (χ1n) is 5.27. The topological polar surface area (TPSA) is 83.4 Å². The minimum atomic E-state index is -1.04. The molecule has 1 N–H and O–H groups in total. The number of amides is 1. The monoisotopic (exact) mass is 237 g/mol. The van der Waals surface area contributed by atoms with Crippen LogP contribution in [0.2, 0.25) is 0 Å². The molecule has 0 radical (unpaired) electrons. The minimum Gasteiger partial charge on any atom is -0.480 e. The lowest BCUT2D eigenvalue weighted by Crippen LogP contribution is -2.36. The summed E-state index contributed by atoms with van der Waals surface area (Å²) in [7, 11) is 0. The van der Waals surface area contributed by atoms with Crippen LogP contribution in [0.1, 0.15) is 28.8 Å². The number of carbonyl (C=O) groups excluding carboxylic acids is 1. The second-order valence-corrected chi connectivity index (χ2v) is 3.63. The first kappa shape index (κ1) is 13.1. The highest BCUT2D eigenvalue weighted by Gasteiger charge is 2.19. The molecule has 1 aromatic rings. The van der Waals surface area contributed by atoms with Crippen LogP contribution in [0.4, 0.5) is 0 Å². The van der Waals surface area contributed by atoms with E-state index in [1.165, 1.54) is 11.1 Å². The quantitative estimate of drug-likeness (QED) is 0.830. The Morgan fingerprint density at radius 1 is 1.41 bits per heavy atom. The molecular weight excluding hydrogens is 222 g/mol. The summed E-state index contributed by atoms with van der Waals surface area (Å²) in [6.45, 7) is 5.18. The van der Waals surface area contributed by atoms with Crippen molar-refractivity contribution in [1.82, 2.24) is 14.9 Å². The predicted octanol–water partition coefficient (Wildman–Crippen LogP) is 0.640. The Bertz CT molecular complexity index is 446. The number of carboxylic acid groups (broad SMARTS) is 1. The van der Waals surface area contributed by atoms with Crippen LogP contribution in [0, 0.1) is 13.8 Å². The average molecular weight is 237 g/mol. The van der Waals surface area contributed by atoms with E-state index in [9.17, 15) is 9.59 Å². The lowest BCUT2D eigenvalue weighted by atomic mass is 10.2. The fraction of sp³-hybridized carbons (Fsp3) is 0.455. The van der Waals surface area contributed by atoms with Gasteiger partial charge in [-0.1, -0.05) is 0 Å². The van der Waals surface area contributed by atoms with Gasteiger partial charge in [0.05, 0.1) is 11.3 Å². The fourth-order valence-electron chi connectivity index (χ4n) is 1.45. The molecule has 6 heteroatoms. The zero-order chi connectivity index (χ0) is 13.0. The lowest BCUT2D eigenvalue weighted by molar-refractivity contribution is -0.137. The SMILES string of the molecule is CCN(CC(=O)O)C(=O)c1cnc(C)nc1C. The summed E-state index contributed by atoms with van der Waals surface area (Å²) in [4.78, 5) is 31.9. The Morgan fingerprint density at radius 2 is 2.06 bits per heavy atom. The molecule has 0 saturated heterocycles. The Morgan fingerprint density at radius 3 is 2.53 bits per heavy atom. The summed E-state index contributed by atoms with van der Waals surface area (Å²) in [5, 5.41) is 8.70. The van der Waals surface area contributed by atoms with Crippen molar-refractivity contribution < 1.29 is 14.7 Å². The van der Waals surface area contributed by atoms with Crippen molar-refractivity contribution in [3.05, 3.63) is 23.3 Å². The van der Waals surface area contributed by atoms with Gasteiger partial charge < -0.3 is 10.0 Å². The maximum atomic E-state index is 12.0. The molecule has 17 heavy (non-hydrogen) atoms. The van der Waals surface area contributed by atoms with Crippen molar-refractivity contribution in [2.45, 2.75) is 20.8 Å². The molecule has 0 aliphatic carbocycles. The largest absolute Gasteiger partial charge is 0.480 e. The van der Waals surface area contributed by atoms with E-state index < -0.39 is 5.97 Å². The lowest BCUT2D eigenvalue weighted by Gasteiger charge is -2.19. The summed E-state index contributed by atoms with van der Waals surface area (Å²) in [5.41, 5.74) is 0.907. The molecular formula is C11H15N3O3. The van der Waals surface area contributed by atoms with Crippen LogP contribution in [-0.4, -0.2) is 44.9 Å². The first-order chi connectivity index (χ1) is 7.95. The number of hydrogen-bond acceptors (Lipinski definition) is 4. The van der Waals surface area contributed by atoms with Gasteiger partial charge in [-0.25, -0.2) is 9.97 Å². The zero-order valence-electron chi connectivity index (χ0n) is 10.1. The smallest absolute Gasteiger partial charge is 0.323 e. The Hall–Kier alpha value is -1.98. The Kier molecular flexibility index (Phi) is 4.14. The van der Waals surface area contributed by atoms with Crippen LogP contribution in [0.15, 0.2) is 6.20 Å². The van der Waals surface area contributed by atoms with Crippen LogP contribution in [-0.2, 0) is 4.79 Å². The number of nitrogens with zero attached hydrogens (tertiary/aromatic N) is 3. The molecule has 6 nitrogen and oxygen atoms in total. The van der Waals surface area contributed by atoms with Crippen LogP contribution in [0.3, 0.4) is 0 Å². The third kappa shape index (κ3) is 3.24.